The summed E-state index contributed by atoms with van der Waals surface area (Å²) in [5, 5.41) is 8.40. The van der Waals surface area contributed by atoms with Gasteiger partial charge >= 0.3 is 5.97 Å². The molecule has 0 spiro atoms. The Hall–Kier alpha value is -0.660. The van der Waals surface area contributed by atoms with Gasteiger partial charge in [-0.05, 0) is 25.7 Å². The van der Waals surface area contributed by atoms with Gasteiger partial charge in [0.1, 0.15) is 0 Å². The molecular formula is C10H19NO5S. The van der Waals surface area contributed by atoms with Crippen LogP contribution in [0.25, 0.3) is 0 Å². The van der Waals surface area contributed by atoms with Crippen molar-refractivity contribution in [1.82, 2.24) is 4.72 Å². The van der Waals surface area contributed by atoms with E-state index in [0.717, 1.165) is 19.4 Å². The second-order valence-corrected chi connectivity index (χ2v) is 6.06. The zero-order valence-corrected chi connectivity index (χ0v) is 10.5. The standard InChI is InChI=1S/C10H19NO5S/c12-10(13)4-2-8-17(14,15)11-6-5-9-3-1-7-16-9/h9,11H,1-8H2,(H,12,13). The number of hydrogen-bond donors (Lipinski definition) is 2. The maximum atomic E-state index is 11.4. The van der Waals surface area contributed by atoms with Gasteiger partial charge in [0.25, 0.3) is 0 Å². The summed E-state index contributed by atoms with van der Waals surface area (Å²) in [5.74, 6) is -1.11. The van der Waals surface area contributed by atoms with Gasteiger partial charge in [0.15, 0.2) is 0 Å². The van der Waals surface area contributed by atoms with Gasteiger partial charge < -0.3 is 9.84 Å². The van der Waals surface area contributed by atoms with Crippen molar-refractivity contribution in [3.05, 3.63) is 0 Å². The Bertz CT molecular complexity index is 335. The number of carbonyl (C=O) groups is 1. The van der Waals surface area contributed by atoms with Gasteiger partial charge in [-0.25, -0.2) is 13.1 Å². The minimum atomic E-state index is -3.34. The third-order valence-corrected chi connectivity index (χ3v) is 4.09. The minimum Gasteiger partial charge on any atom is -0.481 e. The van der Waals surface area contributed by atoms with E-state index in [1.165, 1.54) is 0 Å². The zero-order chi connectivity index (χ0) is 12.7. The van der Waals surface area contributed by atoms with Gasteiger partial charge in [-0.3, -0.25) is 4.79 Å². The van der Waals surface area contributed by atoms with Crippen molar-refractivity contribution in [1.29, 1.82) is 0 Å². The molecular weight excluding hydrogens is 246 g/mol. The molecule has 1 atom stereocenters. The predicted molar refractivity (Wildman–Crippen MR) is 62.3 cm³/mol. The number of ether oxygens (including phenoxy) is 1. The van der Waals surface area contributed by atoms with Crippen LogP contribution in [0.5, 0.6) is 0 Å². The van der Waals surface area contributed by atoms with Gasteiger partial charge in [-0.15, -0.1) is 0 Å². The second-order valence-electron chi connectivity index (χ2n) is 4.13. The summed E-state index contributed by atoms with van der Waals surface area (Å²) in [5.41, 5.74) is 0. The second kappa shape index (κ2) is 6.93. The smallest absolute Gasteiger partial charge is 0.303 e. The fourth-order valence-electron chi connectivity index (χ4n) is 1.73. The number of hydrogen-bond acceptors (Lipinski definition) is 4. The Morgan fingerprint density at radius 2 is 2.24 bits per heavy atom. The van der Waals surface area contributed by atoms with Crippen LogP contribution in [0, 0.1) is 0 Å². The highest BCUT2D eigenvalue weighted by molar-refractivity contribution is 7.89. The Labute approximate surface area is 101 Å². The molecule has 0 aliphatic carbocycles. The molecule has 1 aliphatic heterocycles. The van der Waals surface area contributed by atoms with Crippen molar-refractivity contribution in [3.8, 4) is 0 Å². The molecule has 1 rings (SSSR count). The first-order chi connectivity index (χ1) is 7.99. The third kappa shape index (κ3) is 6.60. The maximum absolute atomic E-state index is 11.4. The molecule has 1 unspecified atom stereocenters. The highest BCUT2D eigenvalue weighted by atomic mass is 32.2. The summed E-state index contributed by atoms with van der Waals surface area (Å²) in [6, 6.07) is 0. The van der Waals surface area contributed by atoms with Crippen molar-refractivity contribution in [3.63, 3.8) is 0 Å². The number of nitrogens with one attached hydrogen (secondary N) is 1. The molecule has 0 aromatic heterocycles. The number of rotatable bonds is 8. The molecule has 1 saturated heterocycles. The fourth-order valence-corrected chi connectivity index (χ4v) is 2.83. The first-order valence-electron chi connectivity index (χ1n) is 5.80. The molecule has 100 valence electrons. The molecule has 7 heteroatoms. The fraction of sp³-hybridized carbons (Fsp3) is 0.900. The normalized spacial score (nSPS) is 20.6. The summed E-state index contributed by atoms with van der Waals surface area (Å²) in [4.78, 5) is 10.2. The summed E-state index contributed by atoms with van der Waals surface area (Å²) >= 11 is 0. The van der Waals surface area contributed by atoms with Crippen LogP contribution < -0.4 is 4.72 Å². The van der Waals surface area contributed by atoms with E-state index in [1.54, 1.807) is 0 Å². The molecule has 17 heavy (non-hydrogen) atoms. The Balaban J connectivity index is 2.13. The minimum absolute atomic E-state index is 0.118. The molecule has 6 nitrogen and oxygen atoms in total. The number of carboxylic acids is 1. The van der Waals surface area contributed by atoms with Crippen molar-refractivity contribution < 1.29 is 23.1 Å². The van der Waals surface area contributed by atoms with E-state index in [2.05, 4.69) is 4.72 Å². The van der Waals surface area contributed by atoms with Gasteiger partial charge in [-0.1, -0.05) is 0 Å². The Morgan fingerprint density at radius 1 is 1.47 bits per heavy atom. The first kappa shape index (κ1) is 14.4. The number of carboxylic acid groups (broad SMARTS) is 1. The van der Waals surface area contributed by atoms with Gasteiger partial charge in [0.05, 0.1) is 11.9 Å². The van der Waals surface area contributed by atoms with Crippen molar-refractivity contribution in [2.24, 2.45) is 0 Å². The first-order valence-corrected chi connectivity index (χ1v) is 7.45. The average molecular weight is 265 g/mol. The molecule has 0 bridgehead atoms. The Morgan fingerprint density at radius 3 is 2.82 bits per heavy atom. The van der Waals surface area contributed by atoms with Crippen molar-refractivity contribution in [2.45, 2.75) is 38.2 Å². The molecule has 0 saturated carbocycles. The molecule has 1 aliphatic rings. The van der Waals surface area contributed by atoms with Crippen LogP contribution in [0.1, 0.15) is 32.1 Å². The molecule has 2 N–H and O–H groups in total. The lowest BCUT2D eigenvalue weighted by Crippen LogP contribution is -2.29. The highest BCUT2D eigenvalue weighted by Gasteiger charge is 2.16. The van der Waals surface area contributed by atoms with E-state index >= 15 is 0 Å². The largest absolute Gasteiger partial charge is 0.481 e. The zero-order valence-electron chi connectivity index (χ0n) is 9.72. The summed E-state index contributed by atoms with van der Waals surface area (Å²) in [6.45, 7) is 1.12. The quantitative estimate of drug-likeness (QED) is 0.660. The maximum Gasteiger partial charge on any atom is 0.303 e. The van der Waals surface area contributed by atoms with E-state index in [4.69, 9.17) is 9.84 Å². The number of aliphatic carboxylic acids is 1. The van der Waals surface area contributed by atoms with E-state index in [1.807, 2.05) is 0 Å². The van der Waals surface area contributed by atoms with Crippen molar-refractivity contribution in [2.75, 3.05) is 18.9 Å². The average Bonchev–Trinajstić information content (AvgIpc) is 2.69. The van der Waals surface area contributed by atoms with E-state index in [9.17, 15) is 13.2 Å². The lowest BCUT2D eigenvalue weighted by molar-refractivity contribution is -0.137. The summed E-state index contributed by atoms with van der Waals surface area (Å²) in [6.07, 6.45) is 2.89. The molecule has 0 amide bonds. The summed E-state index contributed by atoms with van der Waals surface area (Å²) < 4.78 is 30.7. The topological polar surface area (TPSA) is 92.7 Å². The molecule has 1 heterocycles. The SMILES string of the molecule is O=C(O)CCCS(=O)(=O)NCCC1CCCO1. The molecule has 0 radical (unpaired) electrons. The Kier molecular flexibility index (Phi) is 5.87. The van der Waals surface area contributed by atoms with Crippen LogP contribution in [0.4, 0.5) is 0 Å². The van der Waals surface area contributed by atoms with E-state index in [0.29, 0.717) is 13.0 Å². The predicted octanol–water partition coefficient (Wildman–Crippen LogP) is 0.340. The third-order valence-electron chi connectivity index (χ3n) is 2.62. The van der Waals surface area contributed by atoms with Crippen LogP contribution in [0.3, 0.4) is 0 Å². The van der Waals surface area contributed by atoms with Crippen LogP contribution in [0.15, 0.2) is 0 Å². The lowest BCUT2D eigenvalue weighted by Gasteiger charge is -2.10. The molecule has 1 fully saturated rings. The van der Waals surface area contributed by atoms with E-state index in [-0.39, 0.29) is 24.7 Å². The van der Waals surface area contributed by atoms with Gasteiger partial charge in [0.2, 0.25) is 10.0 Å². The number of sulfonamides is 1. The van der Waals surface area contributed by atoms with Crippen LogP contribution in [-0.4, -0.2) is 44.5 Å². The monoisotopic (exact) mass is 265 g/mol. The van der Waals surface area contributed by atoms with Crippen LogP contribution in [0.2, 0.25) is 0 Å². The highest BCUT2D eigenvalue weighted by Crippen LogP contribution is 2.14. The van der Waals surface area contributed by atoms with Crippen LogP contribution >= 0.6 is 0 Å². The summed E-state index contributed by atoms with van der Waals surface area (Å²) in [7, 11) is -3.34. The van der Waals surface area contributed by atoms with Crippen molar-refractivity contribution >= 4 is 16.0 Å². The van der Waals surface area contributed by atoms with Gasteiger partial charge in [0, 0.05) is 19.6 Å². The van der Waals surface area contributed by atoms with E-state index < -0.39 is 16.0 Å². The van der Waals surface area contributed by atoms with Gasteiger partial charge in [-0.2, -0.15) is 0 Å². The molecule has 0 aromatic rings. The lowest BCUT2D eigenvalue weighted by atomic mass is 10.2. The van der Waals surface area contributed by atoms with Crippen LogP contribution in [-0.2, 0) is 19.6 Å². The molecule has 0 aromatic carbocycles.